The van der Waals surface area contributed by atoms with Gasteiger partial charge in [0.1, 0.15) is 0 Å². The van der Waals surface area contributed by atoms with E-state index in [2.05, 4.69) is 19.8 Å². The number of hydrogen-bond acceptors (Lipinski definition) is 6. The minimum absolute atomic E-state index is 0.104. The van der Waals surface area contributed by atoms with E-state index in [1.807, 2.05) is 6.07 Å². The summed E-state index contributed by atoms with van der Waals surface area (Å²) in [7, 11) is 0. The van der Waals surface area contributed by atoms with Gasteiger partial charge in [-0.2, -0.15) is 0 Å². The van der Waals surface area contributed by atoms with Crippen LogP contribution in [0, 0.1) is 0 Å². The lowest BCUT2D eigenvalue weighted by atomic mass is 10.2. The van der Waals surface area contributed by atoms with Crippen LogP contribution in [0.25, 0.3) is 5.69 Å². The van der Waals surface area contributed by atoms with Crippen molar-refractivity contribution in [2.75, 3.05) is 0 Å². The number of carbonyl (C=O) groups is 1. The molecule has 98 valence electrons. The SMILES string of the molecule is CC(=O)ON=C(C)c1c([O-])on[n+]1-c1ccccc1. The fourth-order valence-electron chi connectivity index (χ4n) is 1.47. The molecule has 7 nitrogen and oxygen atoms in total. The number of benzene rings is 1. The summed E-state index contributed by atoms with van der Waals surface area (Å²) in [6.45, 7) is 2.74. The second-order valence-electron chi connectivity index (χ2n) is 3.72. The first-order valence-corrected chi connectivity index (χ1v) is 5.46. The summed E-state index contributed by atoms with van der Waals surface area (Å²) in [5, 5.41) is 18.8. The molecule has 2 aromatic rings. The molecular formula is C12H11N3O4. The minimum Gasteiger partial charge on any atom is -0.539 e. The van der Waals surface area contributed by atoms with Crippen molar-refractivity contribution in [1.29, 1.82) is 0 Å². The van der Waals surface area contributed by atoms with Crippen LogP contribution in [0.15, 0.2) is 40.0 Å². The highest BCUT2D eigenvalue weighted by Crippen LogP contribution is 2.11. The molecule has 0 aliphatic heterocycles. The molecule has 0 fully saturated rings. The van der Waals surface area contributed by atoms with E-state index in [0.717, 1.165) is 0 Å². The van der Waals surface area contributed by atoms with Crippen LogP contribution in [0.3, 0.4) is 0 Å². The molecule has 0 bridgehead atoms. The Bertz CT molecular complexity index is 619. The minimum atomic E-state index is -0.655. The normalized spacial score (nSPS) is 11.4. The van der Waals surface area contributed by atoms with Gasteiger partial charge in [-0.1, -0.05) is 23.4 Å². The smallest absolute Gasteiger partial charge is 0.331 e. The predicted octanol–water partition coefficient (Wildman–Crippen LogP) is 0.312. The Morgan fingerprint density at radius 1 is 1.37 bits per heavy atom. The summed E-state index contributed by atoms with van der Waals surface area (Å²) >= 11 is 0. The van der Waals surface area contributed by atoms with Gasteiger partial charge in [0.2, 0.25) is 5.69 Å². The number of rotatable bonds is 3. The van der Waals surface area contributed by atoms with Crippen LogP contribution in [0.2, 0.25) is 0 Å². The highest BCUT2D eigenvalue weighted by molar-refractivity contribution is 5.97. The maximum Gasteiger partial charge on any atom is 0.331 e. The third kappa shape index (κ3) is 2.76. The fraction of sp³-hybridized carbons (Fsp3) is 0.167. The standard InChI is InChI=1S/C12H11N3O4/c1-8(13-18-9(2)16)11-12(17)19-14-15(11)10-6-4-3-5-7-10/h3-7H,1-2H3. The lowest BCUT2D eigenvalue weighted by Gasteiger charge is -1.97. The first-order chi connectivity index (χ1) is 9.09. The van der Waals surface area contributed by atoms with Gasteiger partial charge in [0.15, 0.2) is 11.7 Å². The quantitative estimate of drug-likeness (QED) is 0.343. The molecular weight excluding hydrogens is 250 g/mol. The molecule has 0 spiro atoms. The number of carbonyl (C=O) groups excluding carboxylic acids is 1. The van der Waals surface area contributed by atoms with Gasteiger partial charge in [-0.3, -0.25) is 0 Å². The lowest BCUT2D eigenvalue weighted by Crippen LogP contribution is -2.38. The average Bonchev–Trinajstić information content (AvgIpc) is 2.79. The average molecular weight is 261 g/mol. The highest BCUT2D eigenvalue weighted by atomic mass is 16.7. The van der Waals surface area contributed by atoms with E-state index < -0.39 is 11.9 Å². The van der Waals surface area contributed by atoms with Crippen LogP contribution in [-0.2, 0) is 9.63 Å². The molecule has 1 heterocycles. The summed E-state index contributed by atoms with van der Waals surface area (Å²) < 4.78 is 5.91. The Kier molecular flexibility index (Phi) is 3.56. The van der Waals surface area contributed by atoms with Crippen molar-refractivity contribution in [3.05, 3.63) is 36.0 Å². The van der Waals surface area contributed by atoms with Crippen molar-refractivity contribution in [3.8, 4) is 11.6 Å². The molecule has 0 amide bonds. The second kappa shape index (κ2) is 5.30. The summed E-state index contributed by atoms with van der Waals surface area (Å²) in [4.78, 5) is 15.2. The van der Waals surface area contributed by atoms with Gasteiger partial charge in [0.25, 0.3) is 5.69 Å². The van der Waals surface area contributed by atoms with Gasteiger partial charge < -0.3 is 14.5 Å². The van der Waals surface area contributed by atoms with Gasteiger partial charge >= 0.3 is 5.97 Å². The first-order valence-electron chi connectivity index (χ1n) is 5.46. The van der Waals surface area contributed by atoms with E-state index in [-0.39, 0.29) is 11.4 Å². The molecule has 0 saturated carbocycles. The maximum absolute atomic E-state index is 11.6. The Morgan fingerprint density at radius 3 is 2.68 bits per heavy atom. The third-order valence-corrected chi connectivity index (χ3v) is 2.27. The van der Waals surface area contributed by atoms with Crippen molar-refractivity contribution in [2.45, 2.75) is 13.8 Å². The molecule has 0 saturated heterocycles. The van der Waals surface area contributed by atoms with E-state index in [1.54, 1.807) is 24.3 Å². The van der Waals surface area contributed by atoms with Gasteiger partial charge in [-0.05, 0) is 11.6 Å². The second-order valence-corrected chi connectivity index (χ2v) is 3.72. The third-order valence-electron chi connectivity index (χ3n) is 2.27. The van der Waals surface area contributed by atoms with Crippen LogP contribution in [-0.4, -0.2) is 17.0 Å². The first kappa shape index (κ1) is 12.7. The van der Waals surface area contributed by atoms with E-state index >= 15 is 0 Å². The Morgan fingerprint density at radius 2 is 2.05 bits per heavy atom. The van der Waals surface area contributed by atoms with E-state index in [1.165, 1.54) is 18.5 Å². The van der Waals surface area contributed by atoms with Crippen LogP contribution in [0.1, 0.15) is 19.5 Å². The van der Waals surface area contributed by atoms with Crippen molar-refractivity contribution in [2.24, 2.45) is 5.16 Å². The zero-order valence-corrected chi connectivity index (χ0v) is 10.4. The van der Waals surface area contributed by atoms with Crippen LogP contribution >= 0.6 is 0 Å². The Hall–Kier alpha value is -2.70. The number of oxime groups is 1. The van der Waals surface area contributed by atoms with Gasteiger partial charge in [0, 0.05) is 19.1 Å². The highest BCUT2D eigenvalue weighted by Gasteiger charge is 2.23. The summed E-state index contributed by atoms with van der Waals surface area (Å²) in [5.41, 5.74) is 0.943. The number of para-hydroxylation sites is 1. The molecule has 0 N–H and O–H groups in total. The van der Waals surface area contributed by atoms with E-state index in [0.29, 0.717) is 5.69 Å². The topological polar surface area (TPSA) is 91.6 Å². The molecule has 2 rings (SSSR count). The maximum atomic E-state index is 11.6. The molecule has 1 aromatic heterocycles. The molecule has 0 unspecified atom stereocenters. The molecule has 0 aliphatic carbocycles. The molecule has 1 aromatic carbocycles. The Balaban J connectivity index is 2.44. The summed E-state index contributed by atoms with van der Waals surface area (Å²) in [6, 6.07) is 8.94. The molecule has 19 heavy (non-hydrogen) atoms. The number of nitrogens with zero attached hydrogens (tertiary/aromatic N) is 3. The van der Waals surface area contributed by atoms with Gasteiger partial charge in [-0.25, -0.2) is 4.79 Å². The molecule has 0 radical (unpaired) electrons. The largest absolute Gasteiger partial charge is 0.539 e. The molecule has 0 atom stereocenters. The van der Waals surface area contributed by atoms with Crippen LogP contribution in [0.5, 0.6) is 5.95 Å². The summed E-state index contributed by atoms with van der Waals surface area (Å²) in [6.07, 6.45) is 0. The lowest BCUT2D eigenvalue weighted by molar-refractivity contribution is -0.671. The fourth-order valence-corrected chi connectivity index (χ4v) is 1.47. The zero-order chi connectivity index (χ0) is 13.8. The van der Waals surface area contributed by atoms with E-state index in [9.17, 15) is 9.90 Å². The van der Waals surface area contributed by atoms with Crippen molar-refractivity contribution >= 4 is 11.7 Å². The molecule has 7 heteroatoms. The predicted molar refractivity (Wildman–Crippen MR) is 61.5 cm³/mol. The van der Waals surface area contributed by atoms with Crippen LogP contribution in [0.4, 0.5) is 0 Å². The Labute approximate surface area is 108 Å². The van der Waals surface area contributed by atoms with E-state index in [4.69, 9.17) is 0 Å². The monoisotopic (exact) mass is 261 g/mol. The van der Waals surface area contributed by atoms with Crippen molar-refractivity contribution in [3.63, 3.8) is 0 Å². The van der Waals surface area contributed by atoms with Crippen molar-refractivity contribution in [1.82, 2.24) is 5.27 Å². The number of hydrogen-bond donors (Lipinski definition) is 0. The number of aromatic nitrogens is 2. The summed E-state index contributed by atoms with van der Waals surface area (Å²) in [5.74, 6) is -1.23. The van der Waals surface area contributed by atoms with Crippen molar-refractivity contribution < 1.29 is 23.9 Å². The van der Waals surface area contributed by atoms with Gasteiger partial charge in [-0.15, -0.1) is 0 Å². The van der Waals surface area contributed by atoms with Crippen LogP contribution < -0.4 is 9.79 Å². The molecule has 0 aliphatic rings. The van der Waals surface area contributed by atoms with Gasteiger partial charge in [0.05, 0.1) is 5.27 Å². The zero-order valence-electron chi connectivity index (χ0n) is 10.4.